The zero-order valence-corrected chi connectivity index (χ0v) is 15.0. The van der Waals surface area contributed by atoms with Gasteiger partial charge in [0.1, 0.15) is 35.9 Å². The minimum Gasteiger partial charge on any atom is -0.491 e. The minimum absolute atomic E-state index is 0.0283. The summed E-state index contributed by atoms with van der Waals surface area (Å²) in [4.78, 5) is 8.38. The van der Waals surface area contributed by atoms with E-state index in [0.29, 0.717) is 22.5 Å². The Morgan fingerprint density at radius 3 is 2.76 bits per heavy atom. The maximum absolute atomic E-state index is 12.7. The molecule has 2 aromatic heterocycles. The summed E-state index contributed by atoms with van der Waals surface area (Å²) in [5, 5.41) is 13.9. The van der Waals surface area contributed by atoms with Gasteiger partial charge in [-0.2, -0.15) is 13.2 Å². The molecule has 1 atom stereocenters. The lowest BCUT2D eigenvalue weighted by Gasteiger charge is -2.14. The van der Waals surface area contributed by atoms with Crippen LogP contribution in [-0.4, -0.2) is 34.3 Å². The number of anilines is 1. The third-order valence-corrected chi connectivity index (χ3v) is 4.27. The highest BCUT2D eigenvalue weighted by atomic mass is 19.4. The van der Waals surface area contributed by atoms with Gasteiger partial charge in [-0.25, -0.2) is 9.97 Å². The number of fused-ring (bicyclic) bond motifs is 3. The maximum atomic E-state index is 12.7. The van der Waals surface area contributed by atoms with Crippen molar-refractivity contribution >= 4 is 27.9 Å². The number of hydrogen-bond donors (Lipinski definition) is 2. The van der Waals surface area contributed by atoms with Crippen LogP contribution in [0.4, 0.5) is 19.0 Å². The number of aliphatic hydroxyl groups is 1. The zero-order valence-electron chi connectivity index (χ0n) is 15.0. The summed E-state index contributed by atoms with van der Waals surface area (Å²) < 4.78 is 49.3. The van der Waals surface area contributed by atoms with E-state index >= 15 is 0 Å². The van der Waals surface area contributed by atoms with E-state index < -0.39 is 17.8 Å². The molecule has 9 heteroatoms. The van der Waals surface area contributed by atoms with Crippen LogP contribution in [0, 0.1) is 0 Å². The Morgan fingerprint density at radius 2 is 1.93 bits per heavy atom. The lowest BCUT2D eigenvalue weighted by Crippen LogP contribution is -2.26. The average Bonchev–Trinajstić information content (AvgIpc) is 3.10. The summed E-state index contributed by atoms with van der Waals surface area (Å²) in [6, 6.07) is 11.9. The Kier molecular flexibility index (Phi) is 4.98. The molecule has 1 unspecified atom stereocenters. The van der Waals surface area contributed by atoms with E-state index in [9.17, 15) is 18.3 Å². The van der Waals surface area contributed by atoms with Crippen molar-refractivity contribution in [1.29, 1.82) is 0 Å². The van der Waals surface area contributed by atoms with Crippen LogP contribution in [0.2, 0.25) is 0 Å². The first-order valence-electron chi connectivity index (χ1n) is 8.76. The van der Waals surface area contributed by atoms with Crippen LogP contribution in [-0.2, 0) is 6.18 Å². The quantitative estimate of drug-likeness (QED) is 0.501. The lowest BCUT2D eigenvalue weighted by molar-refractivity contribution is -0.137. The van der Waals surface area contributed by atoms with Crippen molar-refractivity contribution in [2.24, 2.45) is 0 Å². The van der Waals surface area contributed by atoms with E-state index in [0.717, 1.165) is 17.5 Å². The van der Waals surface area contributed by atoms with E-state index in [-0.39, 0.29) is 18.9 Å². The van der Waals surface area contributed by atoms with E-state index in [2.05, 4.69) is 15.3 Å². The Labute approximate surface area is 162 Å². The molecule has 0 aliphatic carbocycles. The van der Waals surface area contributed by atoms with Crippen molar-refractivity contribution in [3.8, 4) is 5.75 Å². The molecule has 29 heavy (non-hydrogen) atoms. The molecular weight excluding hydrogens is 387 g/mol. The number of ether oxygens (including phenoxy) is 1. The molecule has 2 heterocycles. The predicted octanol–water partition coefficient (Wildman–Crippen LogP) is 4.25. The fourth-order valence-electron chi connectivity index (χ4n) is 2.88. The summed E-state index contributed by atoms with van der Waals surface area (Å²) in [7, 11) is 0. The Hall–Kier alpha value is -3.33. The number of benzene rings is 2. The van der Waals surface area contributed by atoms with Gasteiger partial charge in [-0.05, 0) is 30.3 Å². The lowest BCUT2D eigenvalue weighted by atomic mass is 10.2. The first-order chi connectivity index (χ1) is 13.9. The molecule has 0 bridgehead atoms. The van der Waals surface area contributed by atoms with E-state index in [4.69, 9.17) is 9.15 Å². The Balaban J connectivity index is 1.41. The zero-order chi connectivity index (χ0) is 20.4. The van der Waals surface area contributed by atoms with Crippen LogP contribution >= 0.6 is 0 Å². The molecule has 2 N–H and O–H groups in total. The molecule has 0 saturated carbocycles. The number of para-hydroxylation sites is 1. The van der Waals surface area contributed by atoms with Crippen LogP contribution in [0.3, 0.4) is 0 Å². The Morgan fingerprint density at radius 1 is 1.10 bits per heavy atom. The number of alkyl halides is 3. The number of hydrogen-bond acceptors (Lipinski definition) is 6. The second kappa shape index (κ2) is 7.59. The van der Waals surface area contributed by atoms with Gasteiger partial charge in [-0.3, -0.25) is 0 Å². The van der Waals surface area contributed by atoms with Gasteiger partial charge in [0.15, 0.2) is 11.4 Å². The number of nitrogens with one attached hydrogen (secondary N) is 1. The highest BCUT2D eigenvalue weighted by molar-refractivity contribution is 6.05. The minimum atomic E-state index is -4.45. The third-order valence-electron chi connectivity index (χ3n) is 4.27. The predicted molar refractivity (Wildman–Crippen MR) is 101 cm³/mol. The summed E-state index contributed by atoms with van der Waals surface area (Å²) in [5.74, 6) is 0.435. The highest BCUT2D eigenvalue weighted by Gasteiger charge is 2.30. The van der Waals surface area contributed by atoms with Gasteiger partial charge in [0.25, 0.3) is 0 Å². The number of aromatic nitrogens is 2. The van der Waals surface area contributed by atoms with E-state index in [1.165, 1.54) is 18.5 Å². The number of rotatable bonds is 6. The van der Waals surface area contributed by atoms with Crippen molar-refractivity contribution in [2.75, 3.05) is 18.5 Å². The molecule has 6 nitrogen and oxygen atoms in total. The van der Waals surface area contributed by atoms with Crippen LogP contribution in [0.5, 0.6) is 5.75 Å². The molecule has 4 aromatic rings. The van der Waals surface area contributed by atoms with Gasteiger partial charge < -0.3 is 19.6 Å². The van der Waals surface area contributed by atoms with Crippen molar-refractivity contribution < 1.29 is 27.4 Å². The smallest absolute Gasteiger partial charge is 0.416 e. The van der Waals surface area contributed by atoms with Gasteiger partial charge in [-0.15, -0.1) is 0 Å². The molecule has 0 aliphatic rings. The molecule has 0 fully saturated rings. The van der Waals surface area contributed by atoms with Crippen molar-refractivity contribution in [3.05, 3.63) is 60.4 Å². The fourth-order valence-corrected chi connectivity index (χ4v) is 2.88. The van der Waals surface area contributed by atoms with E-state index in [1.807, 2.05) is 24.3 Å². The van der Waals surface area contributed by atoms with Crippen molar-refractivity contribution in [2.45, 2.75) is 12.3 Å². The average molecular weight is 403 g/mol. The topological polar surface area (TPSA) is 80.4 Å². The van der Waals surface area contributed by atoms with Gasteiger partial charge >= 0.3 is 6.18 Å². The summed E-state index contributed by atoms with van der Waals surface area (Å²) in [6.45, 7) is -0.134. The number of furan rings is 1. The monoisotopic (exact) mass is 403 g/mol. The molecule has 2 aromatic carbocycles. The van der Waals surface area contributed by atoms with Gasteiger partial charge in [0.05, 0.1) is 5.56 Å². The highest BCUT2D eigenvalue weighted by Crippen LogP contribution is 2.32. The van der Waals surface area contributed by atoms with Crippen LogP contribution in [0.15, 0.2) is 59.3 Å². The van der Waals surface area contributed by atoms with Gasteiger partial charge in [-0.1, -0.05) is 18.2 Å². The van der Waals surface area contributed by atoms with E-state index in [1.54, 1.807) is 0 Å². The van der Waals surface area contributed by atoms with Gasteiger partial charge in [0, 0.05) is 11.9 Å². The van der Waals surface area contributed by atoms with Crippen LogP contribution < -0.4 is 10.1 Å². The van der Waals surface area contributed by atoms with Gasteiger partial charge in [0.2, 0.25) is 0 Å². The summed E-state index contributed by atoms with van der Waals surface area (Å²) >= 11 is 0. The number of halogens is 3. The molecule has 0 saturated heterocycles. The first-order valence-corrected chi connectivity index (χ1v) is 8.76. The normalized spacial score (nSPS) is 13.0. The third kappa shape index (κ3) is 4.09. The molecule has 4 rings (SSSR count). The molecule has 0 amide bonds. The molecule has 0 spiro atoms. The van der Waals surface area contributed by atoms with Crippen LogP contribution in [0.25, 0.3) is 22.1 Å². The SMILES string of the molecule is OC(CNc1ncnc2c1oc1ccccc12)COc1cccc(C(F)(F)F)c1. The summed E-state index contributed by atoms with van der Waals surface area (Å²) in [5.41, 5.74) is 0.961. The van der Waals surface area contributed by atoms with Crippen molar-refractivity contribution in [1.82, 2.24) is 9.97 Å². The molecule has 0 aliphatic heterocycles. The number of nitrogens with zero attached hydrogens (tertiary/aromatic N) is 2. The second-order valence-corrected chi connectivity index (χ2v) is 6.37. The molecular formula is C20H16F3N3O3. The molecule has 0 radical (unpaired) electrons. The maximum Gasteiger partial charge on any atom is 0.416 e. The second-order valence-electron chi connectivity index (χ2n) is 6.37. The standard InChI is InChI=1S/C20H16F3N3O3/c21-20(22,23)12-4-3-5-14(8-12)28-10-13(27)9-24-19-18-17(25-11-26-19)15-6-1-2-7-16(15)29-18/h1-8,11,13,27H,9-10H2,(H,24,25,26). The first kappa shape index (κ1) is 19.0. The number of aliphatic hydroxyl groups excluding tert-OH is 1. The fraction of sp³-hybridized carbons (Fsp3) is 0.200. The summed E-state index contributed by atoms with van der Waals surface area (Å²) in [6.07, 6.45) is -4.05. The largest absolute Gasteiger partial charge is 0.491 e. The van der Waals surface area contributed by atoms with Crippen LogP contribution in [0.1, 0.15) is 5.56 Å². The van der Waals surface area contributed by atoms with Crippen molar-refractivity contribution in [3.63, 3.8) is 0 Å². The molecule has 150 valence electrons. The Bertz CT molecular complexity index is 1140.